The minimum Gasteiger partial charge on any atom is -0.480 e. The van der Waals surface area contributed by atoms with Crippen molar-refractivity contribution in [3.05, 3.63) is 29.3 Å². The van der Waals surface area contributed by atoms with Crippen molar-refractivity contribution < 1.29 is 14.7 Å². The summed E-state index contributed by atoms with van der Waals surface area (Å²) in [5.74, 6) is -0.0635. The molecule has 0 amide bonds. The highest BCUT2D eigenvalue weighted by molar-refractivity contribution is 7.99. The lowest BCUT2D eigenvalue weighted by Gasteiger charge is -2.24. The number of aliphatic carboxylic acids is 1. The first kappa shape index (κ1) is 14.1. The maximum Gasteiger partial charge on any atom is 0.328 e. The lowest BCUT2D eigenvalue weighted by Crippen LogP contribution is -2.44. The number of ketones is 1. The Kier molecular flexibility index (Phi) is 3.96. The molecule has 0 spiro atoms. The number of hydrogen-bond donors (Lipinski definition) is 2. The molecular weight excluding hydrogens is 262 g/mol. The molecule has 4 nitrogen and oxygen atoms in total. The van der Waals surface area contributed by atoms with E-state index in [1.165, 1.54) is 0 Å². The van der Waals surface area contributed by atoms with Gasteiger partial charge in [-0.15, -0.1) is 11.8 Å². The highest BCUT2D eigenvalue weighted by Crippen LogP contribution is 2.32. The molecule has 2 rings (SSSR count). The van der Waals surface area contributed by atoms with Crippen LogP contribution in [0.1, 0.15) is 30.9 Å². The molecule has 1 aromatic carbocycles. The summed E-state index contributed by atoms with van der Waals surface area (Å²) >= 11 is 1.64. The van der Waals surface area contributed by atoms with Crippen LogP contribution in [0.25, 0.3) is 0 Å². The number of thioether (sulfide) groups is 1. The van der Waals surface area contributed by atoms with Gasteiger partial charge >= 0.3 is 5.97 Å². The SMILES string of the molecule is CCC(N)(C(=O)O)c1ccc2c(c1)CC(=O)CCS2. The summed E-state index contributed by atoms with van der Waals surface area (Å²) in [5, 5.41) is 9.30. The molecule has 0 aliphatic carbocycles. The fourth-order valence-electron chi connectivity index (χ4n) is 2.19. The first-order chi connectivity index (χ1) is 8.97. The second kappa shape index (κ2) is 5.35. The lowest BCUT2D eigenvalue weighted by atomic mass is 9.87. The molecule has 3 N–H and O–H groups in total. The van der Waals surface area contributed by atoms with Gasteiger partial charge in [0.1, 0.15) is 11.3 Å². The number of carboxylic acid groups (broad SMARTS) is 1. The topological polar surface area (TPSA) is 80.4 Å². The van der Waals surface area contributed by atoms with Crippen molar-refractivity contribution in [3.63, 3.8) is 0 Å². The molecule has 19 heavy (non-hydrogen) atoms. The second-order valence-electron chi connectivity index (χ2n) is 4.77. The molecule has 1 unspecified atom stereocenters. The summed E-state index contributed by atoms with van der Waals surface area (Å²) in [4.78, 5) is 24.1. The molecule has 0 saturated carbocycles. The van der Waals surface area contributed by atoms with E-state index in [-0.39, 0.29) is 5.78 Å². The second-order valence-corrected chi connectivity index (χ2v) is 5.90. The Morgan fingerprint density at radius 1 is 1.53 bits per heavy atom. The van der Waals surface area contributed by atoms with Crippen LogP contribution in [0.3, 0.4) is 0 Å². The van der Waals surface area contributed by atoms with Crippen molar-refractivity contribution in [2.75, 3.05) is 5.75 Å². The molecule has 1 atom stereocenters. The van der Waals surface area contributed by atoms with Gasteiger partial charge in [-0.1, -0.05) is 19.1 Å². The van der Waals surface area contributed by atoms with Gasteiger partial charge in [-0.25, -0.2) is 4.79 Å². The van der Waals surface area contributed by atoms with Gasteiger partial charge in [0.05, 0.1) is 0 Å². The number of carboxylic acids is 1. The Labute approximate surface area is 116 Å². The zero-order valence-corrected chi connectivity index (χ0v) is 11.6. The van der Waals surface area contributed by atoms with Gasteiger partial charge in [0.2, 0.25) is 0 Å². The molecular formula is C14H17NO3S. The summed E-state index contributed by atoms with van der Waals surface area (Å²) in [6, 6.07) is 5.43. The zero-order chi connectivity index (χ0) is 14.0. The minimum absolute atomic E-state index is 0.192. The number of carbonyl (C=O) groups excluding carboxylic acids is 1. The number of nitrogens with two attached hydrogens (primary N) is 1. The van der Waals surface area contributed by atoms with Crippen LogP contribution in [0.4, 0.5) is 0 Å². The normalized spacial score (nSPS) is 18.3. The Hall–Kier alpha value is -1.33. The Bertz CT molecular complexity index is 529. The van der Waals surface area contributed by atoms with Gasteiger partial charge in [0.25, 0.3) is 0 Å². The van der Waals surface area contributed by atoms with E-state index in [0.29, 0.717) is 24.8 Å². The van der Waals surface area contributed by atoms with Crippen LogP contribution < -0.4 is 5.73 Å². The monoisotopic (exact) mass is 279 g/mol. The third kappa shape index (κ3) is 2.67. The van der Waals surface area contributed by atoms with Crippen LogP contribution in [-0.4, -0.2) is 22.6 Å². The summed E-state index contributed by atoms with van der Waals surface area (Å²) in [7, 11) is 0. The average molecular weight is 279 g/mol. The molecule has 102 valence electrons. The van der Waals surface area contributed by atoms with Gasteiger partial charge < -0.3 is 10.8 Å². The first-order valence-electron chi connectivity index (χ1n) is 6.27. The molecule has 1 aliphatic rings. The number of hydrogen-bond acceptors (Lipinski definition) is 4. The van der Waals surface area contributed by atoms with Crippen LogP contribution in [0, 0.1) is 0 Å². The maximum absolute atomic E-state index is 11.6. The van der Waals surface area contributed by atoms with E-state index in [2.05, 4.69) is 0 Å². The molecule has 0 bridgehead atoms. The van der Waals surface area contributed by atoms with E-state index >= 15 is 0 Å². The summed E-state index contributed by atoms with van der Waals surface area (Å²) in [6.45, 7) is 1.75. The van der Waals surface area contributed by atoms with Crippen molar-refractivity contribution in [1.82, 2.24) is 0 Å². The lowest BCUT2D eigenvalue weighted by molar-refractivity contribution is -0.143. The van der Waals surface area contributed by atoms with E-state index in [1.54, 1.807) is 30.8 Å². The molecule has 0 fully saturated rings. The third-order valence-electron chi connectivity index (χ3n) is 3.54. The summed E-state index contributed by atoms with van der Waals surface area (Å²) in [6.07, 6.45) is 1.24. The van der Waals surface area contributed by atoms with Crippen molar-refractivity contribution in [3.8, 4) is 0 Å². The van der Waals surface area contributed by atoms with Crippen LogP contribution in [-0.2, 0) is 21.5 Å². The van der Waals surface area contributed by atoms with E-state index in [0.717, 1.165) is 16.2 Å². The number of rotatable bonds is 3. The quantitative estimate of drug-likeness (QED) is 0.884. The first-order valence-corrected chi connectivity index (χ1v) is 7.26. The average Bonchev–Trinajstić information content (AvgIpc) is 2.57. The summed E-state index contributed by atoms with van der Waals surface area (Å²) < 4.78 is 0. The van der Waals surface area contributed by atoms with Crippen molar-refractivity contribution in [1.29, 1.82) is 0 Å². The fourth-order valence-corrected chi connectivity index (χ4v) is 3.22. The number of Topliss-reactive ketones (excluding diaryl/α,β-unsaturated/α-hetero) is 1. The highest BCUT2D eigenvalue weighted by Gasteiger charge is 2.34. The van der Waals surface area contributed by atoms with Gasteiger partial charge in [-0.2, -0.15) is 0 Å². The summed E-state index contributed by atoms with van der Waals surface area (Å²) in [5.41, 5.74) is 6.06. The van der Waals surface area contributed by atoms with Crippen molar-refractivity contribution >= 4 is 23.5 Å². The van der Waals surface area contributed by atoms with Crippen LogP contribution in [0.15, 0.2) is 23.1 Å². The molecule has 1 heterocycles. The largest absolute Gasteiger partial charge is 0.480 e. The van der Waals surface area contributed by atoms with E-state index in [9.17, 15) is 14.7 Å². The smallest absolute Gasteiger partial charge is 0.328 e. The number of benzene rings is 1. The Morgan fingerprint density at radius 2 is 2.26 bits per heavy atom. The van der Waals surface area contributed by atoms with Crippen molar-refractivity contribution in [2.24, 2.45) is 5.73 Å². The molecule has 1 aliphatic heterocycles. The molecule has 0 saturated heterocycles. The van der Waals surface area contributed by atoms with Gasteiger partial charge in [0, 0.05) is 23.5 Å². The van der Waals surface area contributed by atoms with Crippen molar-refractivity contribution in [2.45, 2.75) is 36.6 Å². The Morgan fingerprint density at radius 3 is 2.89 bits per heavy atom. The third-order valence-corrected chi connectivity index (χ3v) is 4.66. The van der Waals surface area contributed by atoms with E-state index < -0.39 is 11.5 Å². The van der Waals surface area contributed by atoms with Gasteiger partial charge in [-0.05, 0) is 23.6 Å². The fraction of sp³-hybridized carbons (Fsp3) is 0.429. The van der Waals surface area contributed by atoms with Gasteiger partial charge in [-0.3, -0.25) is 4.79 Å². The Balaban J connectivity index is 2.45. The molecule has 0 aromatic heterocycles. The number of carbonyl (C=O) groups is 2. The minimum atomic E-state index is -1.38. The molecule has 1 aromatic rings. The maximum atomic E-state index is 11.6. The number of fused-ring (bicyclic) bond motifs is 1. The predicted octanol–water partition coefficient (Wildman–Crippen LogP) is 1.94. The standard InChI is InChI=1S/C14H17NO3S/c1-2-14(15,13(17)18)10-3-4-12-9(7-10)8-11(16)5-6-19-12/h3-4,7H,2,5-6,8,15H2,1H3,(H,17,18). The molecule has 5 heteroatoms. The van der Waals surface area contributed by atoms with E-state index in [1.807, 2.05) is 6.07 Å². The zero-order valence-electron chi connectivity index (χ0n) is 10.8. The van der Waals surface area contributed by atoms with E-state index in [4.69, 9.17) is 5.73 Å². The van der Waals surface area contributed by atoms with Crippen LogP contribution in [0.5, 0.6) is 0 Å². The van der Waals surface area contributed by atoms with Gasteiger partial charge in [0.15, 0.2) is 0 Å². The van der Waals surface area contributed by atoms with Crippen LogP contribution >= 0.6 is 11.8 Å². The van der Waals surface area contributed by atoms with Crippen LogP contribution in [0.2, 0.25) is 0 Å². The highest BCUT2D eigenvalue weighted by atomic mass is 32.2. The molecule has 0 radical (unpaired) electrons. The predicted molar refractivity (Wildman–Crippen MR) is 74.3 cm³/mol.